The average molecular weight is 193 g/mol. The standard InChI is InChI=1S/C7H6F3NS/c1-12-6-4-11-3-2-5(6)7(8,9)10/h2-4H,1H3. The van der Waals surface area contributed by atoms with E-state index in [9.17, 15) is 13.2 Å². The Bertz CT molecular complexity index is 272. The number of alkyl halides is 3. The van der Waals surface area contributed by atoms with Crippen LogP contribution in [0.25, 0.3) is 0 Å². The van der Waals surface area contributed by atoms with Crippen LogP contribution in [0.4, 0.5) is 13.2 Å². The molecule has 12 heavy (non-hydrogen) atoms. The first-order chi connectivity index (χ1) is 5.55. The highest BCUT2D eigenvalue weighted by Gasteiger charge is 2.32. The Morgan fingerprint density at radius 3 is 2.50 bits per heavy atom. The van der Waals surface area contributed by atoms with Crippen molar-refractivity contribution in [2.24, 2.45) is 0 Å². The van der Waals surface area contributed by atoms with Gasteiger partial charge in [-0.1, -0.05) is 0 Å². The van der Waals surface area contributed by atoms with Crippen LogP contribution >= 0.6 is 11.8 Å². The van der Waals surface area contributed by atoms with Crippen molar-refractivity contribution in [2.45, 2.75) is 11.1 Å². The third kappa shape index (κ3) is 1.91. The summed E-state index contributed by atoms with van der Waals surface area (Å²) in [6.07, 6.45) is -0.330. The van der Waals surface area contributed by atoms with Gasteiger partial charge in [-0.25, -0.2) is 0 Å². The molecule has 0 aliphatic heterocycles. The molecular weight excluding hydrogens is 187 g/mol. The first-order valence-electron chi connectivity index (χ1n) is 3.11. The molecule has 0 saturated carbocycles. The summed E-state index contributed by atoms with van der Waals surface area (Å²) in [5.74, 6) is 0. The largest absolute Gasteiger partial charge is 0.417 e. The lowest BCUT2D eigenvalue weighted by Crippen LogP contribution is -2.06. The molecule has 0 bridgehead atoms. The van der Waals surface area contributed by atoms with Gasteiger partial charge in [0.15, 0.2) is 0 Å². The van der Waals surface area contributed by atoms with Gasteiger partial charge < -0.3 is 0 Å². The summed E-state index contributed by atoms with van der Waals surface area (Å²) in [4.78, 5) is 3.77. The Balaban J connectivity index is 3.14. The van der Waals surface area contributed by atoms with Crippen LogP contribution in [0.15, 0.2) is 23.4 Å². The van der Waals surface area contributed by atoms with Crippen LogP contribution in [0.5, 0.6) is 0 Å². The zero-order chi connectivity index (χ0) is 9.19. The van der Waals surface area contributed by atoms with Crippen LogP contribution in [0, 0.1) is 0 Å². The van der Waals surface area contributed by atoms with Crippen molar-refractivity contribution in [3.05, 3.63) is 24.0 Å². The second kappa shape index (κ2) is 3.35. The smallest absolute Gasteiger partial charge is 0.264 e. The molecule has 0 spiro atoms. The highest BCUT2D eigenvalue weighted by atomic mass is 32.2. The quantitative estimate of drug-likeness (QED) is 0.636. The van der Waals surface area contributed by atoms with Crippen molar-refractivity contribution >= 4 is 11.8 Å². The number of hydrogen-bond acceptors (Lipinski definition) is 2. The first kappa shape index (κ1) is 9.38. The molecule has 0 radical (unpaired) electrons. The molecule has 1 aromatic rings. The maximum absolute atomic E-state index is 12.2. The summed E-state index contributed by atoms with van der Waals surface area (Å²) in [5.41, 5.74) is -0.620. The molecule has 5 heteroatoms. The molecule has 1 aromatic heterocycles. The summed E-state index contributed by atoms with van der Waals surface area (Å²) in [5, 5.41) is 0. The summed E-state index contributed by atoms with van der Waals surface area (Å²) >= 11 is 1.04. The number of thioether (sulfide) groups is 1. The van der Waals surface area contributed by atoms with E-state index in [1.165, 1.54) is 6.20 Å². The minimum absolute atomic E-state index is 0.157. The number of pyridine rings is 1. The van der Waals surface area contributed by atoms with Gasteiger partial charge >= 0.3 is 6.18 Å². The predicted molar refractivity (Wildman–Crippen MR) is 41.0 cm³/mol. The Morgan fingerprint density at radius 1 is 1.42 bits per heavy atom. The highest BCUT2D eigenvalue weighted by molar-refractivity contribution is 7.98. The minimum Gasteiger partial charge on any atom is -0.264 e. The van der Waals surface area contributed by atoms with Gasteiger partial charge in [0.2, 0.25) is 0 Å². The molecule has 0 unspecified atom stereocenters. The van der Waals surface area contributed by atoms with Crippen LogP contribution in [-0.2, 0) is 6.18 Å². The van der Waals surface area contributed by atoms with E-state index in [1.54, 1.807) is 6.26 Å². The van der Waals surface area contributed by atoms with Crippen LogP contribution in [0.1, 0.15) is 5.56 Å². The van der Waals surface area contributed by atoms with E-state index in [2.05, 4.69) is 4.98 Å². The Hall–Kier alpha value is -0.710. The van der Waals surface area contributed by atoms with Gasteiger partial charge in [0.25, 0.3) is 0 Å². The molecule has 0 saturated heterocycles. The fourth-order valence-electron chi connectivity index (χ4n) is 0.777. The Morgan fingerprint density at radius 2 is 2.08 bits per heavy atom. The number of nitrogens with zero attached hydrogens (tertiary/aromatic N) is 1. The number of halogens is 3. The van der Waals surface area contributed by atoms with E-state index >= 15 is 0 Å². The zero-order valence-electron chi connectivity index (χ0n) is 6.22. The van der Waals surface area contributed by atoms with Crippen molar-refractivity contribution < 1.29 is 13.2 Å². The summed E-state index contributed by atoms with van der Waals surface area (Å²) in [6, 6.07) is 0.978. The van der Waals surface area contributed by atoms with Gasteiger partial charge in [-0.15, -0.1) is 11.8 Å². The van der Waals surface area contributed by atoms with E-state index in [1.807, 2.05) is 0 Å². The molecule has 0 atom stereocenters. The molecule has 0 aliphatic carbocycles. The Labute approximate surface area is 72.0 Å². The predicted octanol–water partition coefficient (Wildman–Crippen LogP) is 2.82. The third-order valence-electron chi connectivity index (χ3n) is 1.31. The molecule has 1 rings (SSSR count). The van der Waals surface area contributed by atoms with Crippen LogP contribution in [0.2, 0.25) is 0 Å². The van der Waals surface area contributed by atoms with Crippen molar-refractivity contribution in [3.8, 4) is 0 Å². The summed E-state index contributed by atoms with van der Waals surface area (Å²) in [7, 11) is 0. The first-order valence-corrected chi connectivity index (χ1v) is 4.33. The van der Waals surface area contributed by atoms with E-state index in [0.29, 0.717) is 0 Å². The van der Waals surface area contributed by atoms with Crippen LogP contribution < -0.4 is 0 Å². The SMILES string of the molecule is CSc1cnccc1C(F)(F)F. The molecule has 1 heterocycles. The fraction of sp³-hybridized carbons (Fsp3) is 0.286. The molecule has 66 valence electrons. The van der Waals surface area contributed by atoms with E-state index in [0.717, 1.165) is 24.0 Å². The van der Waals surface area contributed by atoms with Gasteiger partial charge in [-0.3, -0.25) is 4.98 Å². The lowest BCUT2D eigenvalue weighted by molar-refractivity contribution is -0.139. The van der Waals surface area contributed by atoms with Gasteiger partial charge in [0.1, 0.15) is 0 Å². The molecule has 0 aromatic carbocycles. The zero-order valence-corrected chi connectivity index (χ0v) is 7.04. The summed E-state index contributed by atoms with van der Waals surface area (Å²) in [6.45, 7) is 0. The molecular formula is C7H6F3NS. The van der Waals surface area contributed by atoms with Crippen molar-refractivity contribution in [1.82, 2.24) is 4.98 Å². The molecule has 0 fully saturated rings. The van der Waals surface area contributed by atoms with Crippen molar-refractivity contribution in [2.75, 3.05) is 6.26 Å². The third-order valence-corrected chi connectivity index (χ3v) is 2.07. The van der Waals surface area contributed by atoms with Crippen molar-refractivity contribution in [1.29, 1.82) is 0 Å². The van der Waals surface area contributed by atoms with Crippen molar-refractivity contribution in [3.63, 3.8) is 0 Å². The van der Waals surface area contributed by atoms with E-state index < -0.39 is 11.7 Å². The molecule has 0 aliphatic rings. The van der Waals surface area contributed by atoms with E-state index in [4.69, 9.17) is 0 Å². The van der Waals surface area contributed by atoms with Gasteiger partial charge in [-0.2, -0.15) is 13.2 Å². The number of aromatic nitrogens is 1. The van der Waals surface area contributed by atoms with Gasteiger partial charge in [0, 0.05) is 17.3 Å². The lowest BCUT2D eigenvalue weighted by atomic mass is 10.3. The number of rotatable bonds is 1. The van der Waals surface area contributed by atoms with Crippen LogP contribution in [-0.4, -0.2) is 11.2 Å². The lowest BCUT2D eigenvalue weighted by Gasteiger charge is -2.09. The van der Waals surface area contributed by atoms with E-state index in [-0.39, 0.29) is 4.90 Å². The van der Waals surface area contributed by atoms with Crippen LogP contribution in [0.3, 0.4) is 0 Å². The second-order valence-electron chi connectivity index (χ2n) is 2.07. The maximum atomic E-state index is 12.2. The fourth-order valence-corrected chi connectivity index (χ4v) is 1.35. The normalized spacial score (nSPS) is 11.7. The Kier molecular flexibility index (Phi) is 2.62. The topological polar surface area (TPSA) is 12.9 Å². The summed E-state index contributed by atoms with van der Waals surface area (Å²) < 4.78 is 36.6. The number of hydrogen-bond donors (Lipinski definition) is 0. The minimum atomic E-state index is -4.28. The molecule has 0 N–H and O–H groups in total. The molecule has 1 nitrogen and oxygen atoms in total. The monoisotopic (exact) mass is 193 g/mol. The molecule has 0 amide bonds. The second-order valence-corrected chi connectivity index (χ2v) is 2.92. The maximum Gasteiger partial charge on any atom is 0.417 e. The van der Waals surface area contributed by atoms with Gasteiger partial charge in [0.05, 0.1) is 5.56 Å². The highest BCUT2D eigenvalue weighted by Crippen LogP contribution is 2.34. The van der Waals surface area contributed by atoms with Gasteiger partial charge in [-0.05, 0) is 12.3 Å². The average Bonchev–Trinajstić information content (AvgIpc) is 2.03.